The van der Waals surface area contributed by atoms with Crippen LogP contribution in [0.25, 0.3) is 0 Å². The Kier molecular flexibility index (Phi) is 5.80. The molecule has 0 saturated heterocycles. The molecule has 90 valence electrons. The van der Waals surface area contributed by atoms with Gasteiger partial charge in [0.15, 0.2) is 0 Å². The van der Waals surface area contributed by atoms with Crippen molar-refractivity contribution in [3.8, 4) is 0 Å². The molecule has 2 N–H and O–H groups in total. The van der Waals surface area contributed by atoms with Crippen molar-refractivity contribution in [1.29, 1.82) is 0 Å². The first-order valence-corrected chi connectivity index (χ1v) is 6.46. The molecular weight excluding hydrogens is 220 g/mol. The number of rotatable bonds is 6. The van der Waals surface area contributed by atoms with Crippen molar-refractivity contribution in [1.82, 2.24) is 10.3 Å². The summed E-state index contributed by atoms with van der Waals surface area (Å²) >= 11 is 1.62. The molecule has 1 unspecified atom stereocenters. The van der Waals surface area contributed by atoms with E-state index in [1.807, 2.05) is 13.0 Å². The summed E-state index contributed by atoms with van der Waals surface area (Å²) in [4.78, 5) is 4.36. The minimum absolute atomic E-state index is 0.179. The molecule has 0 fully saturated rings. The second-order valence-electron chi connectivity index (χ2n) is 4.11. The molecule has 0 aliphatic rings. The van der Waals surface area contributed by atoms with Gasteiger partial charge < -0.3 is 10.4 Å². The van der Waals surface area contributed by atoms with E-state index in [4.69, 9.17) is 5.11 Å². The predicted molar refractivity (Wildman–Crippen MR) is 68.6 cm³/mol. The summed E-state index contributed by atoms with van der Waals surface area (Å²) in [5, 5.41) is 13.6. The average molecular weight is 240 g/mol. The molecule has 0 aliphatic carbocycles. The summed E-state index contributed by atoms with van der Waals surface area (Å²) in [7, 11) is 0. The van der Waals surface area contributed by atoms with Crippen LogP contribution in [0.3, 0.4) is 0 Å². The van der Waals surface area contributed by atoms with Gasteiger partial charge in [-0.05, 0) is 11.6 Å². The Balaban J connectivity index is 2.67. The van der Waals surface area contributed by atoms with Crippen LogP contribution in [0.2, 0.25) is 0 Å². The van der Waals surface area contributed by atoms with Crippen LogP contribution in [-0.4, -0.2) is 28.0 Å². The van der Waals surface area contributed by atoms with E-state index in [1.54, 1.807) is 18.0 Å². The van der Waals surface area contributed by atoms with Crippen molar-refractivity contribution < 1.29 is 5.11 Å². The lowest BCUT2D eigenvalue weighted by atomic mass is 10.2. The number of aliphatic hydroxyl groups is 1. The summed E-state index contributed by atoms with van der Waals surface area (Å²) in [5.74, 6) is 0. The lowest BCUT2D eigenvalue weighted by Gasteiger charge is -2.13. The van der Waals surface area contributed by atoms with Gasteiger partial charge in [0.1, 0.15) is 5.03 Å². The Morgan fingerprint density at radius 3 is 2.81 bits per heavy atom. The lowest BCUT2D eigenvalue weighted by molar-refractivity contribution is 0.300. The van der Waals surface area contributed by atoms with Gasteiger partial charge in [-0.15, -0.1) is 11.8 Å². The fraction of sp³-hybridized carbons (Fsp3) is 0.583. The molecule has 1 rings (SSSR count). The van der Waals surface area contributed by atoms with Crippen LogP contribution in [0.5, 0.6) is 0 Å². The Hall–Kier alpha value is -0.580. The predicted octanol–water partition coefficient (Wildman–Crippen LogP) is 2.05. The number of thioether (sulfide) groups is 1. The fourth-order valence-electron chi connectivity index (χ4n) is 1.21. The van der Waals surface area contributed by atoms with Crippen LogP contribution in [0, 0.1) is 0 Å². The van der Waals surface area contributed by atoms with Gasteiger partial charge in [0.2, 0.25) is 0 Å². The maximum Gasteiger partial charge on any atom is 0.101 e. The molecule has 0 saturated carbocycles. The number of nitrogens with one attached hydrogen (secondary N) is 1. The van der Waals surface area contributed by atoms with Crippen molar-refractivity contribution in [2.24, 2.45) is 0 Å². The van der Waals surface area contributed by atoms with E-state index < -0.39 is 0 Å². The summed E-state index contributed by atoms with van der Waals surface area (Å²) in [6, 6.07) is 4.49. The van der Waals surface area contributed by atoms with Gasteiger partial charge in [0.05, 0.1) is 6.61 Å². The highest BCUT2D eigenvalue weighted by molar-refractivity contribution is 7.99. The van der Waals surface area contributed by atoms with E-state index in [0.717, 1.165) is 11.6 Å². The van der Waals surface area contributed by atoms with Crippen molar-refractivity contribution in [3.63, 3.8) is 0 Å². The Morgan fingerprint density at radius 1 is 1.44 bits per heavy atom. The smallest absolute Gasteiger partial charge is 0.101 e. The molecule has 1 aromatic rings. The molecule has 3 nitrogen and oxygen atoms in total. The normalized spacial score (nSPS) is 13.1. The van der Waals surface area contributed by atoms with E-state index in [9.17, 15) is 0 Å². The number of aliphatic hydroxyl groups excluding tert-OH is 1. The molecule has 1 heterocycles. The summed E-state index contributed by atoms with van der Waals surface area (Å²) in [6.07, 6.45) is 1.80. The molecule has 1 aromatic heterocycles. The summed E-state index contributed by atoms with van der Waals surface area (Å²) < 4.78 is 0. The minimum Gasteiger partial charge on any atom is -0.395 e. The van der Waals surface area contributed by atoms with Gasteiger partial charge >= 0.3 is 0 Å². The zero-order chi connectivity index (χ0) is 12.0. The van der Waals surface area contributed by atoms with Crippen LogP contribution in [0.4, 0.5) is 0 Å². The minimum atomic E-state index is 0.179. The molecule has 16 heavy (non-hydrogen) atoms. The standard InChI is InChI=1S/C12H20N2OS/c1-9(2)14-7-11-5-4-6-13-12(11)16-10(3)8-15/h4-6,9-10,14-15H,7-8H2,1-3H3. The first-order chi connectivity index (χ1) is 7.63. The second-order valence-corrected chi connectivity index (χ2v) is 5.54. The van der Waals surface area contributed by atoms with Crippen molar-refractivity contribution in [2.45, 2.75) is 43.6 Å². The Morgan fingerprint density at radius 2 is 2.19 bits per heavy atom. The van der Waals surface area contributed by atoms with Crippen LogP contribution in [-0.2, 0) is 6.54 Å². The molecule has 4 heteroatoms. The largest absolute Gasteiger partial charge is 0.395 e. The van der Waals surface area contributed by atoms with Crippen LogP contribution >= 0.6 is 11.8 Å². The van der Waals surface area contributed by atoms with Gasteiger partial charge in [-0.25, -0.2) is 4.98 Å². The van der Waals surface area contributed by atoms with E-state index in [2.05, 4.69) is 30.2 Å². The van der Waals surface area contributed by atoms with E-state index in [-0.39, 0.29) is 11.9 Å². The number of aromatic nitrogens is 1. The molecule has 0 aromatic carbocycles. The first kappa shape index (κ1) is 13.5. The zero-order valence-corrected chi connectivity index (χ0v) is 10.9. The summed E-state index contributed by atoms with van der Waals surface area (Å²) in [5.41, 5.74) is 1.20. The third-order valence-corrected chi connectivity index (χ3v) is 3.26. The van der Waals surface area contributed by atoms with Crippen molar-refractivity contribution in [2.75, 3.05) is 6.61 Å². The molecule has 0 radical (unpaired) electrons. The number of hydrogen-bond donors (Lipinski definition) is 2. The quantitative estimate of drug-likeness (QED) is 0.747. The topological polar surface area (TPSA) is 45.2 Å². The third kappa shape index (κ3) is 4.51. The monoisotopic (exact) mass is 240 g/mol. The van der Waals surface area contributed by atoms with Crippen molar-refractivity contribution in [3.05, 3.63) is 23.9 Å². The highest BCUT2D eigenvalue weighted by Gasteiger charge is 2.08. The second kappa shape index (κ2) is 6.89. The van der Waals surface area contributed by atoms with E-state index in [1.165, 1.54) is 5.56 Å². The highest BCUT2D eigenvalue weighted by Crippen LogP contribution is 2.24. The zero-order valence-electron chi connectivity index (χ0n) is 10.1. The van der Waals surface area contributed by atoms with Crippen molar-refractivity contribution >= 4 is 11.8 Å². The Labute approximate surface area is 102 Å². The van der Waals surface area contributed by atoms with Gasteiger partial charge in [-0.2, -0.15) is 0 Å². The number of pyridine rings is 1. The third-order valence-electron chi connectivity index (χ3n) is 2.12. The average Bonchev–Trinajstić information content (AvgIpc) is 2.27. The molecule has 0 amide bonds. The molecule has 0 aliphatic heterocycles. The maximum atomic E-state index is 9.04. The Bertz CT molecular complexity index is 318. The first-order valence-electron chi connectivity index (χ1n) is 5.58. The SMILES string of the molecule is CC(C)NCc1cccnc1SC(C)CO. The van der Waals surface area contributed by atoms with Crippen LogP contribution < -0.4 is 5.32 Å². The number of hydrogen-bond acceptors (Lipinski definition) is 4. The van der Waals surface area contributed by atoms with E-state index in [0.29, 0.717) is 6.04 Å². The molecular formula is C12H20N2OS. The molecule has 0 bridgehead atoms. The van der Waals surface area contributed by atoms with E-state index >= 15 is 0 Å². The van der Waals surface area contributed by atoms with Gasteiger partial charge in [0, 0.05) is 24.0 Å². The fourth-order valence-corrected chi connectivity index (χ4v) is 2.08. The highest BCUT2D eigenvalue weighted by atomic mass is 32.2. The van der Waals surface area contributed by atoms with Gasteiger partial charge in [-0.3, -0.25) is 0 Å². The molecule has 0 spiro atoms. The maximum absolute atomic E-state index is 9.04. The van der Waals surface area contributed by atoms with Crippen LogP contribution in [0.15, 0.2) is 23.4 Å². The van der Waals surface area contributed by atoms with Gasteiger partial charge in [-0.1, -0.05) is 26.8 Å². The summed E-state index contributed by atoms with van der Waals surface area (Å²) in [6.45, 7) is 7.25. The number of nitrogens with zero attached hydrogens (tertiary/aromatic N) is 1. The molecule has 1 atom stereocenters. The van der Waals surface area contributed by atoms with Gasteiger partial charge in [0.25, 0.3) is 0 Å². The van der Waals surface area contributed by atoms with Crippen LogP contribution in [0.1, 0.15) is 26.3 Å². The lowest BCUT2D eigenvalue weighted by Crippen LogP contribution is -2.22.